The quantitative estimate of drug-likeness (QED) is 0.656. The summed E-state index contributed by atoms with van der Waals surface area (Å²) in [6.07, 6.45) is 3.69. The molecule has 134 valence electrons. The number of hydrogen-bond donors (Lipinski definition) is 0. The smallest absolute Gasteiger partial charge is 0.260 e. The fraction of sp³-hybridized carbons (Fsp3) is 0.200. The molecule has 6 heteroatoms. The van der Waals surface area contributed by atoms with Gasteiger partial charge in [-0.25, -0.2) is 4.39 Å². The van der Waals surface area contributed by atoms with Crippen molar-refractivity contribution in [1.29, 1.82) is 0 Å². The van der Waals surface area contributed by atoms with Crippen LogP contribution in [-0.4, -0.2) is 34.2 Å². The third kappa shape index (κ3) is 4.92. The summed E-state index contributed by atoms with van der Waals surface area (Å²) in [5, 5.41) is 4.34. The first kappa shape index (κ1) is 17.7. The van der Waals surface area contributed by atoms with Crippen molar-refractivity contribution in [3.63, 3.8) is 0 Å². The largest absolute Gasteiger partial charge is 0.484 e. The molecule has 0 saturated heterocycles. The lowest BCUT2D eigenvalue weighted by Crippen LogP contribution is -2.30. The van der Waals surface area contributed by atoms with Crippen molar-refractivity contribution < 1.29 is 13.9 Å². The second kappa shape index (κ2) is 8.29. The lowest BCUT2D eigenvalue weighted by Gasteiger charge is -2.16. The topological polar surface area (TPSA) is 47.4 Å². The van der Waals surface area contributed by atoms with Gasteiger partial charge < -0.3 is 9.64 Å². The Hall–Kier alpha value is -3.15. The highest BCUT2D eigenvalue weighted by Crippen LogP contribution is 2.11. The van der Waals surface area contributed by atoms with E-state index in [1.807, 2.05) is 41.2 Å². The van der Waals surface area contributed by atoms with Gasteiger partial charge in [0.15, 0.2) is 6.61 Å². The Morgan fingerprint density at radius 2 is 1.85 bits per heavy atom. The molecule has 0 aliphatic rings. The number of carbonyl (C=O) groups excluding carboxylic acids is 1. The molecule has 0 unspecified atom stereocenters. The molecule has 1 heterocycles. The highest BCUT2D eigenvalue weighted by atomic mass is 19.1. The van der Waals surface area contributed by atoms with Crippen molar-refractivity contribution in [1.82, 2.24) is 14.7 Å². The fourth-order valence-corrected chi connectivity index (χ4v) is 2.49. The van der Waals surface area contributed by atoms with Crippen molar-refractivity contribution in [2.45, 2.75) is 13.1 Å². The van der Waals surface area contributed by atoms with Crippen LogP contribution in [-0.2, 0) is 17.9 Å². The molecule has 3 aromatic rings. The predicted octanol–water partition coefficient (Wildman–Crippen LogP) is 3.11. The maximum atomic E-state index is 12.9. The van der Waals surface area contributed by atoms with Crippen LogP contribution >= 0.6 is 0 Å². The van der Waals surface area contributed by atoms with E-state index in [-0.39, 0.29) is 18.3 Å². The SMILES string of the molecule is CN(Cc1cnn(Cc2ccccc2)c1)C(=O)COc1ccc(F)cc1. The van der Waals surface area contributed by atoms with Gasteiger partial charge in [0.25, 0.3) is 5.91 Å². The number of aromatic nitrogens is 2. The Morgan fingerprint density at radius 1 is 1.12 bits per heavy atom. The average Bonchev–Trinajstić information content (AvgIpc) is 3.08. The third-order valence-corrected chi connectivity index (χ3v) is 3.90. The van der Waals surface area contributed by atoms with Crippen LogP contribution < -0.4 is 4.74 Å². The van der Waals surface area contributed by atoms with E-state index in [4.69, 9.17) is 4.74 Å². The van der Waals surface area contributed by atoms with Gasteiger partial charge in [-0.05, 0) is 29.8 Å². The molecule has 0 bridgehead atoms. The van der Waals surface area contributed by atoms with Crippen LogP contribution in [0, 0.1) is 5.82 Å². The van der Waals surface area contributed by atoms with Crippen molar-refractivity contribution in [2.75, 3.05) is 13.7 Å². The first-order chi connectivity index (χ1) is 12.6. The molecule has 0 aliphatic carbocycles. The van der Waals surface area contributed by atoms with Crippen molar-refractivity contribution in [3.05, 3.63) is 83.9 Å². The lowest BCUT2D eigenvalue weighted by molar-refractivity contribution is -0.132. The van der Waals surface area contributed by atoms with E-state index in [9.17, 15) is 9.18 Å². The molecule has 1 amide bonds. The van der Waals surface area contributed by atoms with Gasteiger partial charge in [0.2, 0.25) is 0 Å². The average molecular weight is 353 g/mol. The number of ether oxygens (including phenoxy) is 1. The van der Waals surface area contributed by atoms with Gasteiger partial charge in [-0.2, -0.15) is 5.10 Å². The Morgan fingerprint density at radius 3 is 2.58 bits per heavy atom. The molecule has 0 spiro atoms. The van der Waals surface area contributed by atoms with E-state index in [1.54, 1.807) is 18.1 Å². The molecule has 5 nitrogen and oxygen atoms in total. The van der Waals surface area contributed by atoms with Gasteiger partial charge in [-0.15, -0.1) is 0 Å². The summed E-state index contributed by atoms with van der Waals surface area (Å²) in [7, 11) is 1.71. The van der Waals surface area contributed by atoms with E-state index in [0.717, 1.165) is 5.56 Å². The number of amides is 1. The Kier molecular flexibility index (Phi) is 5.63. The number of halogens is 1. The summed E-state index contributed by atoms with van der Waals surface area (Å²) in [5.74, 6) is -0.0396. The number of likely N-dealkylation sites (N-methyl/N-ethyl adjacent to an activating group) is 1. The summed E-state index contributed by atoms with van der Waals surface area (Å²) >= 11 is 0. The number of benzene rings is 2. The van der Waals surface area contributed by atoms with Gasteiger partial charge >= 0.3 is 0 Å². The molecule has 0 atom stereocenters. The first-order valence-corrected chi connectivity index (χ1v) is 8.28. The normalized spacial score (nSPS) is 10.5. The summed E-state index contributed by atoms with van der Waals surface area (Å²) in [6.45, 7) is 1.03. The van der Waals surface area contributed by atoms with E-state index < -0.39 is 0 Å². The van der Waals surface area contributed by atoms with E-state index in [0.29, 0.717) is 18.8 Å². The zero-order valence-electron chi connectivity index (χ0n) is 14.5. The summed E-state index contributed by atoms with van der Waals surface area (Å²) in [6, 6.07) is 15.6. The number of rotatable bonds is 7. The molecule has 3 rings (SSSR count). The third-order valence-electron chi connectivity index (χ3n) is 3.90. The summed E-state index contributed by atoms with van der Waals surface area (Å²) < 4.78 is 20.1. The molecular weight excluding hydrogens is 333 g/mol. The minimum absolute atomic E-state index is 0.0969. The molecule has 0 N–H and O–H groups in total. The maximum Gasteiger partial charge on any atom is 0.260 e. The maximum absolute atomic E-state index is 12.9. The van der Waals surface area contributed by atoms with Crippen LogP contribution in [0.5, 0.6) is 5.75 Å². The van der Waals surface area contributed by atoms with Crippen LogP contribution in [0.25, 0.3) is 0 Å². The van der Waals surface area contributed by atoms with Crippen LogP contribution in [0.3, 0.4) is 0 Å². The zero-order valence-corrected chi connectivity index (χ0v) is 14.5. The van der Waals surface area contributed by atoms with Crippen LogP contribution in [0.2, 0.25) is 0 Å². The van der Waals surface area contributed by atoms with E-state index in [2.05, 4.69) is 5.10 Å². The fourth-order valence-electron chi connectivity index (χ4n) is 2.49. The molecule has 1 aromatic heterocycles. The summed E-state index contributed by atoms with van der Waals surface area (Å²) in [4.78, 5) is 13.8. The minimum atomic E-state index is -0.340. The van der Waals surface area contributed by atoms with Crippen molar-refractivity contribution >= 4 is 5.91 Å². The Bertz CT molecular complexity index is 847. The highest BCUT2D eigenvalue weighted by molar-refractivity contribution is 5.77. The first-order valence-electron chi connectivity index (χ1n) is 8.28. The molecule has 0 radical (unpaired) electrons. The second-order valence-electron chi connectivity index (χ2n) is 6.02. The molecular formula is C20H20FN3O2. The van der Waals surface area contributed by atoms with Gasteiger partial charge in [0.05, 0.1) is 12.7 Å². The lowest BCUT2D eigenvalue weighted by atomic mass is 10.2. The number of hydrogen-bond acceptors (Lipinski definition) is 3. The Labute approximate surface area is 151 Å². The van der Waals surface area contributed by atoms with E-state index >= 15 is 0 Å². The van der Waals surface area contributed by atoms with Crippen molar-refractivity contribution in [3.8, 4) is 5.75 Å². The number of carbonyl (C=O) groups is 1. The highest BCUT2D eigenvalue weighted by Gasteiger charge is 2.11. The minimum Gasteiger partial charge on any atom is -0.484 e. The van der Waals surface area contributed by atoms with Crippen molar-refractivity contribution in [2.24, 2.45) is 0 Å². The van der Waals surface area contributed by atoms with Gasteiger partial charge in [0.1, 0.15) is 11.6 Å². The molecule has 0 saturated carbocycles. The molecule has 0 aliphatic heterocycles. The van der Waals surface area contributed by atoms with Crippen LogP contribution in [0.4, 0.5) is 4.39 Å². The van der Waals surface area contributed by atoms with Gasteiger partial charge in [-0.1, -0.05) is 30.3 Å². The summed E-state index contributed by atoms with van der Waals surface area (Å²) in [5.41, 5.74) is 2.11. The van der Waals surface area contributed by atoms with Gasteiger partial charge in [0, 0.05) is 25.4 Å². The zero-order chi connectivity index (χ0) is 18.4. The van der Waals surface area contributed by atoms with Gasteiger partial charge in [-0.3, -0.25) is 9.48 Å². The number of nitrogens with zero attached hydrogens (tertiary/aromatic N) is 3. The Balaban J connectivity index is 1.50. The molecule has 0 fully saturated rings. The predicted molar refractivity (Wildman–Crippen MR) is 96.1 cm³/mol. The van der Waals surface area contributed by atoms with Crippen LogP contribution in [0.1, 0.15) is 11.1 Å². The second-order valence-corrected chi connectivity index (χ2v) is 6.02. The van der Waals surface area contributed by atoms with E-state index in [1.165, 1.54) is 29.8 Å². The monoisotopic (exact) mass is 353 g/mol. The molecule has 26 heavy (non-hydrogen) atoms. The van der Waals surface area contributed by atoms with Crippen LogP contribution in [0.15, 0.2) is 67.0 Å². The standard InChI is InChI=1S/C20H20FN3O2/c1-23(20(25)15-26-19-9-7-18(21)8-10-19)12-17-11-22-24(14-17)13-16-5-3-2-4-6-16/h2-11,14H,12-13,15H2,1H3. The molecule has 2 aromatic carbocycles.